The van der Waals surface area contributed by atoms with Crippen LogP contribution in [0, 0.1) is 0 Å². The third-order valence-corrected chi connectivity index (χ3v) is 3.30. The Morgan fingerprint density at radius 1 is 1.22 bits per heavy atom. The van der Waals surface area contributed by atoms with Gasteiger partial charge < -0.3 is 20.1 Å². The van der Waals surface area contributed by atoms with E-state index in [9.17, 15) is 9.59 Å². The normalized spacial score (nSPS) is 20.8. The Kier molecular flexibility index (Phi) is 4.41. The van der Waals surface area contributed by atoms with Crippen LogP contribution >= 0.6 is 0 Å². The summed E-state index contributed by atoms with van der Waals surface area (Å²) in [5, 5.41) is 11.5. The molecule has 1 heterocycles. The van der Waals surface area contributed by atoms with Crippen LogP contribution < -0.4 is 5.32 Å². The number of nitrogens with zero attached hydrogens (tertiary/aromatic N) is 1. The average molecular weight is 256 g/mol. The number of hydrogen-bond donors (Lipinski definition) is 2. The highest BCUT2D eigenvalue weighted by molar-refractivity contribution is 5.74. The van der Waals surface area contributed by atoms with Crippen molar-refractivity contribution >= 4 is 12.0 Å². The molecule has 0 aromatic carbocycles. The van der Waals surface area contributed by atoms with Gasteiger partial charge in [-0.2, -0.15) is 0 Å². The number of carboxylic acids is 1. The third kappa shape index (κ3) is 4.18. The van der Waals surface area contributed by atoms with Crippen molar-refractivity contribution in [2.24, 2.45) is 0 Å². The Labute approximate surface area is 106 Å². The van der Waals surface area contributed by atoms with E-state index in [4.69, 9.17) is 9.84 Å². The summed E-state index contributed by atoms with van der Waals surface area (Å²) in [5.41, 5.74) is 0. The molecule has 2 rings (SSSR count). The van der Waals surface area contributed by atoms with Crippen molar-refractivity contribution in [3.05, 3.63) is 0 Å². The van der Waals surface area contributed by atoms with Crippen LogP contribution in [0.15, 0.2) is 0 Å². The molecule has 102 valence electrons. The predicted octanol–water partition coefficient (Wildman–Crippen LogP) is 0.814. The van der Waals surface area contributed by atoms with E-state index in [-0.39, 0.29) is 25.2 Å². The van der Waals surface area contributed by atoms with Gasteiger partial charge in [-0.1, -0.05) is 0 Å². The van der Waals surface area contributed by atoms with Crippen LogP contribution in [-0.2, 0) is 9.53 Å². The molecule has 0 aromatic rings. The number of carbonyl (C=O) groups excluding carboxylic acids is 1. The van der Waals surface area contributed by atoms with E-state index < -0.39 is 5.97 Å². The van der Waals surface area contributed by atoms with Gasteiger partial charge in [0, 0.05) is 19.1 Å². The van der Waals surface area contributed by atoms with Crippen LogP contribution in [0.25, 0.3) is 0 Å². The summed E-state index contributed by atoms with van der Waals surface area (Å²) in [6, 6.07) is 0.420. The summed E-state index contributed by atoms with van der Waals surface area (Å²) in [6.07, 6.45) is 3.91. The van der Waals surface area contributed by atoms with Gasteiger partial charge in [-0.15, -0.1) is 0 Å². The number of hydrogen-bond acceptors (Lipinski definition) is 3. The van der Waals surface area contributed by atoms with Gasteiger partial charge in [0.25, 0.3) is 0 Å². The predicted molar refractivity (Wildman–Crippen MR) is 64.4 cm³/mol. The van der Waals surface area contributed by atoms with Crippen molar-refractivity contribution in [3.8, 4) is 0 Å². The molecular weight excluding hydrogens is 236 g/mol. The van der Waals surface area contributed by atoms with E-state index in [0.29, 0.717) is 19.1 Å². The van der Waals surface area contributed by atoms with Crippen LogP contribution in [0.3, 0.4) is 0 Å². The second-order valence-electron chi connectivity index (χ2n) is 4.92. The van der Waals surface area contributed by atoms with E-state index in [0.717, 1.165) is 25.7 Å². The number of piperidine rings is 1. The smallest absolute Gasteiger partial charge is 0.317 e. The molecule has 2 aliphatic rings. The fraction of sp³-hybridized carbons (Fsp3) is 0.833. The number of ether oxygens (including phenoxy) is 1. The van der Waals surface area contributed by atoms with Crippen LogP contribution in [0.2, 0.25) is 0 Å². The van der Waals surface area contributed by atoms with E-state index in [1.165, 1.54) is 0 Å². The fourth-order valence-corrected chi connectivity index (χ4v) is 2.03. The molecule has 1 aliphatic carbocycles. The first-order chi connectivity index (χ1) is 8.65. The lowest BCUT2D eigenvalue weighted by atomic mass is 10.1. The Morgan fingerprint density at radius 3 is 2.44 bits per heavy atom. The zero-order valence-electron chi connectivity index (χ0n) is 10.4. The fourth-order valence-electron chi connectivity index (χ4n) is 2.03. The molecule has 1 saturated carbocycles. The number of rotatable bonds is 5. The molecule has 1 aliphatic heterocycles. The van der Waals surface area contributed by atoms with Crippen molar-refractivity contribution in [3.63, 3.8) is 0 Å². The van der Waals surface area contributed by atoms with Gasteiger partial charge in [-0.25, -0.2) is 4.79 Å². The van der Waals surface area contributed by atoms with Crippen LogP contribution in [-0.4, -0.2) is 53.8 Å². The molecule has 2 fully saturated rings. The zero-order valence-corrected chi connectivity index (χ0v) is 10.4. The minimum atomic E-state index is -0.837. The quantitative estimate of drug-likeness (QED) is 0.763. The van der Waals surface area contributed by atoms with Gasteiger partial charge in [-0.05, 0) is 25.7 Å². The maximum Gasteiger partial charge on any atom is 0.317 e. The number of carboxylic acid groups (broad SMARTS) is 1. The minimum Gasteiger partial charge on any atom is -0.481 e. The first kappa shape index (κ1) is 13.1. The van der Waals surface area contributed by atoms with Gasteiger partial charge in [0.05, 0.1) is 19.1 Å². The molecule has 6 heteroatoms. The largest absolute Gasteiger partial charge is 0.481 e. The summed E-state index contributed by atoms with van der Waals surface area (Å²) >= 11 is 0. The molecular formula is C12H20N2O4. The van der Waals surface area contributed by atoms with E-state index >= 15 is 0 Å². The summed E-state index contributed by atoms with van der Waals surface area (Å²) in [7, 11) is 0. The second kappa shape index (κ2) is 6.04. The van der Waals surface area contributed by atoms with Crippen LogP contribution in [0.4, 0.5) is 4.79 Å². The standard InChI is InChI=1S/C12H20N2O4/c15-11(16)5-8-18-10-3-6-14(7-4-10)12(17)13-9-1-2-9/h9-10H,1-8H2,(H,13,17)(H,15,16). The maximum atomic E-state index is 11.8. The second-order valence-corrected chi connectivity index (χ2v) is 4.92. The molecule has 0 radical (unpaired) electrons. The minimum absolute atomic E-state index is 0.0292. The number of nitrogens with one attached hydrogen (secondary N) is 1. The lowest BCUT2D eigenvalue weighted by Crippen LogP contribution is -2.46. The van der Waals surface area contributed by atoms with Crippen LogP contribution in [0.5, 0.6) is 0 Å². The van der Waals surface area contributed by atoms with Crippen molar-refractivity contribution in [1.29, 1.82) is 0 Å². The number of carbonyl (C=O) groups is 2. The molecule has 0 spiro atoms. The lowest BCUT2D eigenvalue weighted by molar-refractivity contribution is -0.138. The molecule has 1 saturated heterocycles. The Balaban J connectivity index is 1.61. The van der Waals surface area contributed by atoms with E-state index in [1.807, 2.05) is 4.90 Å². The number of aliphatic carboxylic acids is 1. The van der Waals surface area contributed by atoms with Gasteiger partial charge in [0.2, 0.25) is 0 Å². The molecule has 2 amide bonds. The van der Waals surface area contributed by atoms with Crippen molar-refractivity contribution in [2.45, 2.75) is 44.2 Å². The third-order valence-electron chi connectivity index (χ3n) is 3.30. The van der Waals surface area contributed by atoms with Crippen LogP contribution in [0.1, 0.15) is 32.1 Å². The monoisotopic (exact) mass is 256 g/mol. The van der Waals surface area contributed by atoms with Gasteiger partial charge in [-0.3, -0.25) is 4.79 Å². The summed E-state index contributed by atoms with van der Waals surface area (Å²) in [5.74, 6) is -0.837. The van der Waals surface area contributed by atoms with Crippen molar-refractivity contribution in [2.75, 3.05) is 19.7 Å². The topological polar surface area (TPSA) is 78.9 Å². The molecule has 6 nitrogen and oxygen atoms in total. The van der Waals surface area contributed by atoms with Gasteiger partial charge in [0.1, 0.15) is 0 Å². The molecule has 2 N–H and O–H groups in total. The Hall–Kier alpha value is -1.30. The molecule has 0 aromatic heterocycles. The van der Waals surface area contributed by atoms with Gasteiger partial charge >= 0.3 is 12.0 Å². The Bertz CT molecular complexity index is 309. The SMILES string of the molecule is O=C(O)CCOC1CCN(C(=O)NC2CC2)CC1. The van der Waals surface area contributed by atoms with Crippen molar-refractivity contribution < 1.29 is 19.4 Å². The molecule has 0 bridgehead atoms. The van der Waals surface area contributed by atoms with E-state index in [2.05, 4.69) is 5.32 Å². The highest BCUT2D eigenvalue weighted by Gasteiger charge is 2.28. The maximum absolute atomic E-state index is 11.8. The summed E-state index contributed by atoms with van der Waals surface area (Å²) in [4.78, 5) is 23.9. The van der Waals surface area contributed by atoms with Crippen molar-refractivity contribution in [1.82, 2.24) is 10.2 Å². The molecule has 0 unspecified atom stereocenters. The lowest BCUT2D eigenvalue weighted by Gasteiger charge is -2.31. The highest BCUT2D eigenvalue weighted by Crippen LogP contribution is 2.20. The highest BCUT2D eigenvalue weighted by atomic mass is 16.5. The first-order valence-electron chi connectivity index (χ1n) is 6.54. The molecule has 0 atom stereocenters. The number of likely N-dealkylation sites (tertiary alicyclic amines) is 1. The summed E-state index contributed by atoms with van der Waals surface area (Å²) < 4.78 is 5.48. The van der Waals surface area contributed by atoms with Gasteiger partial charge in [0.15, 0.2) is 0 Å². The number of urea groups is 1. The first-order valence-corrected chi connectivity index (χ1v) is 6.54. The summed E-state index contributed by atoms with van der Waals surface area (Å²) in [6.45, 7) is 1.64. The average Bonchev–Trinajstić information content (AvgIpc) is 3.13. The molecule has 18 heavy (non-hydrogen) atoms. The Morgan fingerprint density at radius 2 is 1.89 bits per heavy atom. The number of amides is 2. The van der Waals surface area contributed by atoms with E-state index in [1.54, 1.807) is 0 Å². The zero-order chi connectivity index (χ0) is 13.0.